The Morgan fingerprint density at radius 3 is 2.39 bits per heavy atom. The first-order valence-electron chi connectivity index (χ1n) is 16.5. The predicted octanol–water partition coefficient (Wildman–Crippen LogP) is 5.96. The highest BCUT2D eigenvalue weighted by Gasteiger charge is 2.70. The number of anilines is 1. The number of carbonyl (C=O) groups is 4. The van der Waals surface area contributed by atoms with Gasteiger partial charge in [-0.25, -0.2) is 0 Å². The van der Waals surface area contributed by atoms with E-state index in [-0.39, 0.29) is 36.3 Å². The fraction of sp³-hybridized carbons (Fsp3) is 0.282. The molecular weight excluding hydrogens is 639 g/mol. The van der Waals surface area contributed by atoms with Gasteiger partial charge in [-0.1, -0.05) is 71.8 Å². The van der Waals surface area contributed by atoms with Crippen molar-refractivity contribution in [3.8, 4) is 11.5 Å². The normalized spacial score (nSPS) is 27.5. The van der Waals surface area contributed by atoms with E-state index < -0.39 is 46.8 Å². The van der Waals surface area contributed by atoms with E-state index in [0.29, 0.717) is 23.2 Å². The number of phenols is 1. The highest BCUT2D eigenvalue weighted by Crippen LogP contribution is 2.64. The van der Waals surface area contributed by atoms with Crippen molar-refractivity contribution < 1.29 is 29.0 Å². The van der Waals surface area contributed by atoms with Gasteiger partial charge in [-0.2, -0.15) is 5.01 Å². The minimum absolute atomic E-state index is 0.100. The van der Waals surface area contributed by atoms with Crippen molar-refractivity contribution in [3.63, 3.8) is 0 Å². The number of nitrogens with one attached hydrogen (secondary N) is 1. The maximum atomic E-state index is 15.2. The molecule has 3 aromatic carbocycles. The third-order valence-corrected chi connectivity index (χ3v) is 11.8. The molecule has 4 aliphatic rings. The predicted molar refractivity (Wildman–Crippen MR) is 183 cm³/mol. The van der Waals surface area contributed by atoms with Gasteiger partial charge < -0.3 is 9.84 Å². The molecule has 9 nitrogen and oxygen atoms in total. The number of phenolic OH excluding ortho intramolecular Hbond substituents is 1. The molecule has 10 heteroatoms. The number of hydrogen-bond acceptors (Lipinski definition) is 8. The molecule has 248 valence electrons. The van der Waals surface area contributed by atoms with Gasteiger partial charge in [0.15, 0.2) is 11.5 Å². The summed E-state index contributed by atoms with van der Waals surface area (Å²) in [6.45, 7) is 2.17. The van der Waals surface area contributed by atoms with Crippen LogP contribution in [0, 0.1) is 30.6 Å². The average molecular weight is 674 g/mol. The van der Waals surface area contributed by atoms with Crippen LogP contribution in [0.2, 0.25) is 0 Å². The van der Waals surface area contributed by atoms with Crippen molar-refractivity contribution in [3.05, 3.63) is 124 Å². The SMILES string of the molecule is COc1ccc([C@H]2C3=CC[C@@H]4C(=O)N(Cc5cccs5)C(=O)[C@@H]4[C@@H]3C[C@H]3C(=O)N(Nc4ccc(C)cc4)C(=O)[C@@]23c2ccccc2)cc1O. The Morgan fingerprint density at radius 1 is 0.918 bits per heavy atom. The van der Waals surface area contributed by atoms with E-state index >= 15 is 4.79 Å². The molecule has 3 fully saturated rings. The standard InChI is InChI=1S/C39H35N3O6S/c1-22-10-13-25(14-11-22)40-42-36(45)30-20-29-27(15-16-28-33(29)37(46)41(35(28)44)21-26-9-6-18-49-26)34(23-12-17-32(48-2)31(43)19-23)39(30,38(42)47)24-7-4-3-5-8-24/h3-15,17-19,28-30,33-34,40,43H,16,20-21H2,1-2H3/t28-,29+,30-,33-,34-,39+/m0/s1. The van der Waals surface area contributed by atoms with Crippen molar-refractivity contribution in [2.75, 3.05) is 12.5 Å². The number of amides is 4. The molecule has 2 N–H and O–H groups in total. The number of hydrogen-bond donors (Lipinski definition) is 2. The second-order valence-electron chi connectivity index (χ2n) is 13.4. The Morgan fingerprint density at radius 2 is 1.69 bits per heavy atom. The smallest absolute Gasteiger partial charge is 0.260 e. The van der Waals surface area contributed by atoms with Crippen LogP contribution < -0.4 is 10.2 Å². The second kappa shape index (κ2) is 11.7. The number of carbonyl (C=O) groups excluding carboxylic acids is 4. The summed E-state index contributed by atoms with van der Waals surface area (Å²) in [5.41, 5.74) is 5.45. The van der Waals surface area contributed by atoms with Crippen molar-refractivity contribution >= 4 is 40.7 Å². The summed E-state index contributed by atoms with van der Waals surface area (Å²) >= 11 is 1.50. The third kappa shape index (κ3) is 4.64. The number of likely N-dealkylation sites (tertiary alicyclic amines) is 1. The number of allylic oxidation sites excluding steroid dienone is 2. The lowest BCUT2D eigenvalue weighted by Crippen LogP contribution is -2.53. The second-order valence-corrected chi connectivity index (χ2v) is 14.4. The minimum atomic E-state index is -1.41. The zero-order chi connectivity index (χ0) is 34.0. The number of hydrazine groups is 1. The summed E-state index contributed by atoms with van der Waals surface area (Å²) in [5, 5.41) is 14.1. The van der Waals surface area contributed by atoms with Crippen LogP contribution in [0.4, 0.5) is 5.69 Å². The number of rotatable bonds is 7. The van der Waals surface area contributed by atoms with Crippen LogP contribution in [0.5, 0.6) is 11.5 Å². The molecule has 2 aliphatic heterocycles. The van der Waals surface area contributed by atoms with E-state index in [9.17, 15) is 19.5 Å². The monoisotopic (exact) mass is 673 g/mol. The molecule has 0 unspecified atom stereocenters. The van der Waals surface area contributed by atoms with Crippen LogP contribution in [0.3, 0.4) is 0 Å². The summed E-state index contributed by atoms with van der Waals surface area (Å²) in [5.74, 6) is -4.38. The largest absolute Gasteiger partial charge is 0.504 e. The number of imide groups is 2. The Labute approximate surface area is 287 Å². The molecule has 4 aromatic rings. The van der Waals surface area contributed by atoms with Crippen LogP contribution in [-0.4, -0.2) is 45.8 Å². The van der Waals surface area contributed by atoms with Gasteiger partial charge in [0.05, 0.1) is 42.5 Å². The fourth-order valence-electron chi connectivity index (χ4n) is 8.79. The number of nitrogens with zero attached hydrogens (tertiary/aromatic N) is 2. The number of aryl methyl sites for hydroxylation is 1. The molecule has 49 heavy (non-hydrogen) atoms. The molecular formula is C39H35N3O6S. The van der Waals surface area contributed by atoms with Crippen LogP contribution in [0.15, 0.2) is 102 Å². The number of aromatic hydroxyl groups is 1. The first-order chi connectivity index (χ1) is 23.7. The molecule has 6 atom stereocenters. The van der Waals surface area contributed by atoms with Crippen LogP contribution >= 0.6 is 11.3 Å². The Bertz CT molecular complexity index is 2010. The minimum Gasteiger partial charge on any atom is -0.504 e. The molecule has 0 radical (unpaired) electrons. The summed E-state index contributed by atoms with van der Waals surface area (Å²) in [7, 11) is 1.47. The Kier molecular flexibility index (Phi) is 7.44. The highest BCUT2D eigenvalue weighted by atomic mass is 32.1. The number of thiophene rings is 1. The van der Waals surface area contributed by atoms with Gasteiger partial charge in [0.25, 0.3) is 11.8 Å². The fourth-order valence-corrected chi connectivity index (χ4v) is 9.48. The maximum Gasteiger partial charge on any atom is 0.260 e. The summed E-state index contributed by atoms with van der Waals surface area (Å²) in [6, 6.07) is 25.7. The maximum absolute atomic E-state index is 15.2. The zero-order valence-electron chi connectivity index (χ0n) is 27.0. The first-order valence-corrected chi connectivity index (χ1v) is 17.3. The van der Waals surface area contributed by atoms with Gasteiger partial charge in [-0.05, 0) is 72.5 Å². The topological polar surface area (TPSA) is 116 Å². The van der Waals surface area contributed by atoms with Crippen molar-refractivity contribution in [1.29, 1.82) is 0 Å². The van der Waals surface area contributed by atoms with E-state index in [1.165, 1.54) is 23.3 Å². The highest BCUT2D eigenvalue weighted by molar-refractivity contribution is 7.09. The number of fused-ring (bicyclic) bond motifs is 4. The van der Waals surface area contributed by atoms with E-state index in [0.717, 1.165) is 21.0 Å². The average Bonchev–Trinajstić information content (AvgIpc) is 3.78. The van der Waals surface area contributed by atoms with Gasteiger partial charge in [-0.3, -0.25) is 29.5 Å². The Balaban J connectivity index is 1.31. The number of benzene rings is 3. The molecule has 4 amide bonds. The van der Waals surface area contributed by atoms with Crippen LogP contribution in [-0.2, 0) is 31.1 Å². The third-order valence-electron chi connectivity index (χ3n) is 10.9. The lowest BCUT2D eigenvalue weighted by atomic mass is 9.49. The first kappa shape index (κ1) is 31.1. The number of methoxy groups -OCH3 is 1. The van der Waals surface area contributed by atoms with Gasteiger partial charge in [0, 0.05) is 10.8 Å². The molecule has 2 saturated heterocycles. The van der Waals surface area contributed by atoms with Crippen molar-refractivity contribution in [2.45, 2.75) is 37.6 Å². The molecule has 1 aromatic heterocycles. The summed E-state index contributed by atoms with van der Waals surface area (Å²) in [4.78, 5) is 60.3. The van der Waals surface area contributed by atoms with Crippen LogP contribution in [0.25, 0.3) is 0 Å². The molecule has 2 aliphatic carbocycles. The quantitative estimate of drug-likeness (QED) is 0.184. The van der Waals surface area contributed by atoms with Gasteiger partial charge in [0.2, 0.25) is 11.8 Å². The van der Waals surface area contributed by atoms with E-state index in [2.05, 4.69) is 5.43 Å². The van der Waals surface area contributed by atoms with E-state index in [4.69, 9.17) is 4.74 Å². The number of ether oxygens (including phenoxy) is 1. The summed E-state index contributed by atoms with van der Waals surface area (Å²) in [6.07, 6.45) is 2.57. The van der Waals surface area contributed by atoms with E-state index in [1.807, 2.05) is 91.2 Å². The van der Waals surface area contributed by atoms with Gasteiger partial charge >= 0.3 is 0 Å². The zero-order valence-corrected chi connectivity index (χ0v) is 27.9. The Hall–Kier alpha value is -5.22. The lowest BCUT2D eigenvalue weighted by Gasteiger charge is -2.50. The van der Waals surface area contributed by atoms with Crippen molar-refractivity contribution in [2.24, 2.45) is 23.7 Å². The molecule has 1 saturated carbocycles. The van der Waals surface area contributed by atoms with Crippen LogP contribution in [0.1, 0.15) is 40.3 Å². The van der Waals surface area contributed by atoms with Gasteiger partial charge in [0.1, 0.15) is 0 Å². The molecule has 8 rings (SSSR count). The summed E-state index contributed by atoms with van der Waals surface area (Å²) < 4.78 is 5.37. The van der Waals surface area contributed by atoms with Crippen molar-refractivity contribution in [1.82, 2.24) is 9.91 Å². The van der Waals surface area contributed by atoms with E-state index in [1.54, 1.807) is 12.1 Å². The van der Waals surface area contributed by atoms with Gasteiger partial charge in [-0.15, -0.1) is 11.3 Å². The molecule has 0 spiro atoms. The lowest BCUT2D eigenvalue weighted by molar-refractivity contribution is -0.141. The molecule has 0 bridgehead atoms. The molecule has 3 heterocycles.